The maximum absolute atomic E-state index is 12.3. The van der Waals surface area contributed by atoms with Crippen LogP contribution in [0.25, 0.3) is 0 Å². The number of anilines is 1. The van der Waals surface area contributed by atoms with Gasteiger partial charge in [-0.2, -0.15) is 0 Å². The Bertz CT molecular complexity index is 486. The molecule has 7 heteroatoms. The van der Waals surface area contributed by atoms with Gasteiger partial charge in [-0.3, -0.25) is 4.79 Å². The van der Waals surface area contributed by atoms with Crippen molar-refractivity contribution < 1.29 is 22.7 Å². The fourth-order valence-corrected chi connectivity index (χ4v) is 2.05. The van der Waals surface area contributed by atoms with Crippen LogP contribution in [0.1, 0.15) is 19.3 Å². The summed E-state index contributed by atoms with van der Waals surface area (Å²) in [7, 11) is 0. The summed E-state index contributed by atoms with van der Waals surface area (Å²) in [6.45, 7) is 0. The Morgan fingerprint density at radius 3 is 2.58 bits per heavy atom. The number of carbonyl (C=O) groups is 1. The van der Waals surface area contributed by atoms with Crippen LogP contribution in [-0.2, 0) is 4.79 Å². The molecule has 104 valence electrons. The monoisotopic (exact) mass is 337 g/mol. The van der Waals surface area contributed by atoms with E-state index in [0.717, 1.165) is 19.3 Å². The molecule has 0 aliphatic heterocycles. The van der Waals surface area contributed by atoms with Crippen molar-refractivity contribution in [3.8, 4) is 5.75 Å². The molecule has 1 saturated carbocycles. The summed E-state index contributed by atoms with van der Waals surface area (Å²) < 4.78 is 41.2. The normalized spacial score (nSPS) is 15.8. The first-order valence-corrected chi connectivity index (χ1v) is 6.50. The van der Waals surface area contributed by atoms with Gasteiger partial charge in [0.25, 0.3) is 0 Å². The number of alkyl halides is 3. The zero-order valence-corrected chi connectivity index (χ0v) is 11.3. The van der Waals surface area contributed by atoms with Gasteiger partial charge in [0.1, 0.15) is 0 Å². The first-order chi connectivity index (χ1) is 8.85. The van der Waals surface area contributed by atoms with Gasteiger partial charge in [0.15, 0.2) is 5.75 Å². The summed E-state index contributed by atoms with van der Waals surface area (Å²) in [4.78, 5) is 11.7. The van der Waals surface area contributed by atoms with E-state index in [2.05, 4.69) is 26.0 Å². The molecular formula is C12H11BrF3NO2. The Morgan fingerprint density at radius 2 is 2.05 bits per heavy atom. The predicted octanol–water partition coefficient (Wildman–Crippen LogP) is 4.09. The standard InChI is InChI=1S/C12H11BrF3NO2/c13-8-4-5-9(10(6-8)19-12(14,15)16)17-11(18)7-2-1-3-7/h4-7H,1-3H2,(H,17,18). The minimum Gasteiger partial charge on any atom is -0.404 e. The molecule has 0 radical (unpaired) electrons. The van der Waals surface area contributed by atoms with Crippen LogP contribution in [0, 0.1) is 5.92 Å². The van der Waals surface area contributed by atoms with Crippen molar-refractivity contribution in [2.45, 2.75) is 25.6 Å². The van der Waals surface area contributed by atoms with Crippen LogP contribution in [-0.4, -0.2) is 12.3 Å². The number of hydrogen-bond acceptors (Lipinski definition) is 2. The number of benzene rings is 1. The van der Waals surface area contributed by atoms with Crippen LogP contribution < -0.4 is 10.1 Å². The predicted molar refractivity (Wildman–Crippen MR) is 66.8 cm³/mol. The van der Waals surface area contributed by atoms with Crippen LogP contribution in [0.4, 0.5) is 18.9 Å². The highest BCUT2D eigenvalue weighted by Gasteiger charge is 2.33. The van der Waals surface area contributed by atoms with Crippen molar-refractivity contribution in [3.05, 3.63) is 22.7 Å². The number of carbonyl (C=O) groups excluding carboxylic acids is 1. The van der Waals surface area contributed by atoms with Crippen LogP contribution >= 0.6 is 15.9 Å². The molecule has 1 aliphatic carbocycles. The van der Waals surface area contributed by atoms with E-state index in [0.29, 0.717) is 4.47 Å². The van der Waals surface area contributed by atoms with Crippen molar-refractivity contribution in [1.29, 1.82) is 0 Å². The molecule has 1 aliphatic rings. The minimum absolute atomic E-state index is 0.0254. The molecule has 0 saturated heterocycles. The topological polar surface area (TPSA) is 38.3 Å². The van der Waals surface area contributed by atoms with Crippen LogP contribution in [0.15, 0.2) is 22.7 Å². The lowest BCUT2D eigenvalue weighted by Crippen LogP contribution is -2.28. The van der Waals surface area contributed by atoms with E-state index in [1.807, 2.05) is 0 Å². The summed E-state index contributed by atoms with van der Waals surface area (Å²) >= 11 is 3.06. The van der Waals surface area contributed by atoms with Gasteiger partial charge in [0.2, 0.25) is 5.91 Å². The Kier molecular flexibility index (Phi) is 4.03. The van der Waals surface area contributed by atoms with E-state index in [1.165, 1.54) is 12.1 Å². The summed E-state index contributed by atoms with van der Waals surface area (Å²) in [6.07, 6.45) is -2.27. The van der Waals surface area contributed by atoms with E-state index in [1.54, 1.807) is 6.07 Å². The van der Waals surface area contributed by atoms with Crippen LogP contribution in [0.5, 0.6) is 5.75 Å². The highest BCUT2D eigenvalue weighted by Crippen LogP contribution is 2.34. The number of rotatable bonds is 3. The Morgan fingerprint density at radius 1 is 1.37 bits per heavy atom. The molecule has 1 N–H and O–H groups in total. The average molecular weight is 338 g/mol. The summed E-state index contributed by atoms with van der Waals surface area (Å²) in [6, 6.07) is 4.09. The molecule has 1 fully saturated rings. The molecule has 0 bridgehead atoms. The summed E-state index contributed by atoms with van der Waals surface area (Å²) in [5, 5.41) is 2.48. The molecular weight excluding hydrogens is 327 g/mol. The molecule has 0 atom stereocenters. The van der Waals surface area contributed by atoms with E-state index >= 15 is 0 Å². The Labute approximate surface area is 116 Å². The molecule has 19 heavy (non-hydrogen) atoms. The van der Waals surface area contributed by atoms with Crippen molar-refractivity contribution in [2.75, 3.05) is 5.32 Å². The van der Waals surface area contributed by atoms with Gasteiger partial charge < -0.3 is 10.1 Å². The SMILES string of the molecule is O=C(Nc1ccc(Br)cc1OC(F)(F)F)C1CCC1. The van der Waals surface area contributed by atoms with Gasteiger partial charge in [0, 0.05) is 10.4 Å². The molecule has 0 unspecified atom stereocenters. The summed E-state index contributed by atoms with van der Waals surface area (Å²) in [5.74, 6) is -0.794. The van der Waals surface area contributed by atoms with Crippen molar-refractivity contribution in [2.24, 2.45) is 5.92 Å². The third-order valence-electron chi connectivity index (χ3n) is 2.90. The quantitative estimate of drug-likeness (QED) is 0.902. The van der Waals surface area contributed by atoms with Gasteiger partial charge in [0.05, 0.1) is 5.69 Å². The molecule has 3 nitrogen and oxygen atoms in total. The Balaban J connectivity index is 2.16. The lowest BCUT2D eigenvalue weighted by Gasteiger charge is -2.24. The fraction of sp³-hybridized carbons (Fsp3) is 0.417. The third kappa shape index (κ3) is 3.86. The second kappa shape index (κ2) is 5.40. The van der Waals surface area contributed by atoms with Crippen molar-refractivity contribution in [1.82, 2.24) is 0 Å². The van der Waals surface area contributed by atoms with Crippen LogP contribution in [0.2, 0.25) is 0 Å². The van der Waals surface area contributed by atoms with Gasteiger partial charge in [-0.15, -0.1) is 13.2 Å². The lowest BCUT2D eigenvalue weighted by atomic mass is 9.85. The van der Waals surface area contributed by atoms with Crippen LogP contribution in [0.3, 0.4) is 0 Å². The van der Waals surface area contributed by atoms with Gasteiger partial charge >= 0.3 is 6.36 Å². The van der Waals surface area contributed by atoms with Gasteiger partial charge in [-0.05, 0) is 31.0 Å². The maximum Gasteiger partial charge on any atom is 0.573 e. The second-order valence-corrected chi connectivity index (χ2v) is 5.22. The van der Waals surface area contributed by atoms with Gasteiger partial charge in [-0.25, -0.2) is 0 Å². The molecule has 0 heterocycles. The molecule has 2 rings (SSSR count). The molecule has 0 aromatic heterocycles. The van der Waals surface area contributed by atoms with Crippen molar-refractivity contribution >= 4 is 27.5 Å². The molecule has 1 aromatic rings. The zero-order valence-electron chi connectivity index (χ0n) is 9.76. The summed E-state index contributed by atoms with van der Waals surface area (Å²) in [5.41, 5.74) is 0.0254. The number of ether oxygens (including phenoxy) is 1. The van der Waals surface area contributed by atoms with Crippen molar-refractivity contribution in [3.63, 3.8) is 0 Å². The lowest BCUT2D eigenvalue weighted by molar-refractivity contribution is -0.274. The highest BCUT2D eigenvalue weighted by molar-refractivity contribution is 9.10. The Hall–Kier alpha value is -1.24. The molecule has 1 aromatic carbocycles. The smallest absolute Gasteiger partial charge is 0.404 e. The maximum atomic E-state index is 12.3. The third-order valence-corrected chi connectivity index (χ3v) is 3.40. The molecule has 1 amide bonds. The number of halogens is 4. The minimum atomic E-state index is -4.79. The number of nitrogens with one attached hydrogen (secondary N) is 1. The first kappa shape index (κ1) is 14.2. The first-order valence-electron chi connectivity index (χ1n) is 5.71. The highest BCUT2D eigenvalue weighted by atomic mass is 79.9. The number of amides is 1. The second-order valence-electron chi connectivity index (χ2n) is 4.31. The van der Waals surface area contributed by atoms with E-state index in [9.17, 15) is 18.0 Å². The fourth-order valence-electron chi connectivity index (χ4n) is 1.71. The van der Waals surface area contributed by atoms with Gasteiger partial charge in [-0.1, -0.05) is 22.4 Å². The molecule has 0 spiro atoms. The van der Waals surface area contributed by atoms with E-state index in [-0.39, 0.29) is 17.5 Å². The largest absolute Gasteiger partial charge is 0.573 e. The number of hydrogen-bond donors (Lipinski definition) is 1. The van der Waals surface area contributed by atoms with E-state index in [4.69, 9.17) is 0 Å². The zero-order chi connectivity index (χ0) is 14.0. The average Bonchev–Trinajstić information content (AvgIpc) is 2.17. The van der Waals surface area contributed by atoms with E-state index < -0.39 is 12.1 Å².